The van der Waals surface area contributed by atoms with E-state index in [-0.39, 0.29) is 6.42 Å². The van der Waals surface area contributed by atoms with Gasteiger partial charge in [-0.25, -0.2) is 9.59 Å². The molecule has 0 bridgehead atoms. The number of amides is 2. The molecule has 1 aromatic carbocycles. The number of carbonyl (C=O) groups excluding carboxylic acids is 1. The molecule has 7 heteroatoms. The number of urea groups is 1. The summed E-state index contributed by atoms with van der Waals surface area (Å²) in [6.45, 7) is 1.65. The van der Waals surface area contributed by atoms with Crippen molar-refractivity contribution in [1.29, 1.82) is 5.26 Å². The van der Waals surface area contributed by atoms with E-state index in [9.17, 15) is 9.59 Å². The van der Waals surface area contributed by atoms with Crippen molar-refractivity contribution in [3.05, 3.63) is 23.8 Å². The minimum atomic E-state index is -1.10. The van der Waals surface area contributed by atoms with Crippen LogP contribution in [0.2, 0.25) is 0 Å². The number of nitrogens with zero attached hydrogens (tertiary/aromatic N) is 1. The summed E-state index contributed by atoms with van der Waals surface area (Å²) in [6, 6.07) is 4.85. The van der Waals surface area contributed by atoms with Crippen LogP contribution in [0.3, 0.4) is 0 Å². The van der Waals surface area contributed by atoms with Gasteiger partial charge in [0, 0.05) is 6.07 Å². The molecule has 1 atom stereocenters. The van der Waals surface area contributed by atoms with E-state index in [0.717, 1.165) is 0 Å². The number of rotatable bonds is 5. The molecule has 20 heavy (non-hydrogen) atoms. The molecule has 0 aliphatic heterocycles. The largest absolute Gasteiger partial charge is 0.495 e. The molecule has 0 fully saturated rings. The highest BCUT2D eigenvalue weighted by Gasteiger charge is 2.18. The average molecular weight is 277 g/mol. The first-order valence-corrected chi connectivity index (χ1v) is 5.90. The van der Waals surface area contributed by atoms with E-state index in [2.05, 4.69) is 10.6 Å². The highest BCUT2D eigenvalue weighted by molar-refractivity contribution is 5.93. The zero-order chi connectivity index (χ0) is 15.1. The second kappa shape index (κ2) is 6.99. The molecule has 0 radical (unpaired) electrons. The normalized spacial score (nSPS) is 11.1. The number of benzene rings is 1. The number of hydrogen-bond acceptors (Lipinski definition) is 4. The van der Waals surface area contributed by atoms with Crippen LogP contribution in [0.25, 0.3) is 0 Å². The van der Waals surface area contributed by atoms with E-state index in [4.69, 9.17) is 15.1 Å². The van der Waals surface area contributed by atoms with Gasteiger partial charge >= 0.3 is 12.0 Å². The first-order valence-electron chi connectivity index (χ1n) is 5.90. The number of hydrogen-bond donors (Lipinski definition) is 3. The van der Waals surface area contributed by atoms with E-state index >= 15 is 0 Å². The molecule has 0 aromatic heterocycles. The Morgan fingerprint density at radius 2 is 2.20 bits per heavy atom. The predicted molar refractivity (Wildman–Crippen MR) is 71.6 cm³/mol. The highest BCUT2D eigenvalue weighted by Crippen LogP contribution is 2.25. The zero-order valence-corrected chi connectivity index (χ0v) is 11.1. The maximum Gasteiger partial charge on any atom is 0.326 e. The van der Waals surface area contributed by atoms with Crippen molar-refractivity contribution in [1.82, 2.24) is 5.32 Å². The summed E-state index contributed by atoms with van der Waals surface area (Å²) in [5.74, 6) is -0.781. The van der Waals surface area contributed by atoms with Crippen molar-refractivity contribution in [2.75, 3.05) is 12.4 Å². The lowest BCUT2D eigenvalue weighted by Crippen LogP contribution is -2.42. The molecule has 0 saturated heterocycles. The number of aliphatic carboxylic acids is 1. The highest BCUT2D eigenvalue weighted by atomic mass is 16.5. The second-order valence-electron chi connectivity index (χ2n) is 3.92. The molecule has 2 amide bonds. The maximum absolute atomic E-state index is 11.7. The van der Waals surface area contributed by atoms with Crippen LogP contribution >= 0.6 is 0 Å². The molecule has 0 aliphatic rings. The number of ether oxygens (including phenoxy) is 1. The van der Waals surface area contributed by atoms with E-state index < -0.39 is 18.0 Å². The third-order valence-corrected chi connectivity index (χ3v) is 2.59. The predicted octanol–water partition coefficient (Wildman–Crippen LogP) is 1.55. The second-order valence-corrected chi connectivity index (χ2v) is 3.92. The Balaban J connectivity index is 2.80. The van der Waals surface area contributed by atoms with Crippen LogP contribution in [0.15, 0.2) is 18.2 Å². The van der Waals surface area contributed by atoms with Gasteiger partial charge in [-0.2, -0.15) is 5.26 Å². The van der Waals surface area contributed by atoms with Gasteiger partial charge < -0.3 is 20.5 Å². The van der Waals surface area contributed by atoms with Gasteiger partial charge in [-0.1, -0.05) is 6.92 Å². The first-order chi connectivity index (χ1) is 9.51. The number of methoxy groups -OCH3 is 1. The quantitative estimate of drug-likeness (QED) is 0.756. The minimum Gasteiger partial charge on any atom is -0.495 e. The Morgan fingerprint density at radius 1 is 1.50 bits per heavy atom. The molecule has 0 heterocycles. The minimum absolute atomic E-state index is 0.271. The van der Waals surface area contributed by atoms with Crippen LogP contribution in [-0.2, 0) is 4.79 Å². The third kappa shape index (κ3) is 3.88. The molecule has 7 nitrogen and oxygen atoms in total. The summed E-state index contributed by atoms with van der Waals surface area (Å²) in [5, 5.41) is 22.4. The van der Waals surface area contributed by atoms with Gasteiger partial charge in [0.25, 0.3) is 0 Å². The van der Waals surface area contributed by atoms with Crippen LogP contribution in [0, 0.1) is 11.3 Å². The SMILES string of the molecule is CC[C@H](NC(=O)Nc1ccc(C#N)cc1OC)C(=O)O. The smallest absolute Gasteiger partial charge is 0.326 e. The fourth-order valence-electron chi connectivity index (χ4n) is 1.52. The van der Waals surface area contributed by atoms with Gasteiger partial charge in [0.2, 0.25) is 0 Å². The number of carbonyl (C=O) groups is 2. The third-order valence-electron chi connectivity index (χ3n) is 2.59. The van der Waals surface area contributed by atoms with Crippen molar-refractivity contribution in [2.45, 2.75) is 19.4 Å². The number of carboxylic acid groups (broad SMARTS) is 1. The summed E-state index contributed by atoms with van der Waals surface area (Å²) >= 11 is 0. The Labute approximate surface area is 116 Å². The standard InChI is InChI=1S/C13H15N3O4/c1-3-9(12(17)18)15-13(19)16-10-5-4-8(7-14)6-11(10)20-2/h4-6,9H,3H2,1-2H3,(H,17,18)(H2,15,16,19)/t9-/m0/s1. The lowest BCUT2D eigenvalue weighted by Gasteiger charge is -2.14. The van der Waals surface area contributed by atoms with E-state index in [0.29, 0.717) is 17.0 Å². The number of carboxylic acids is 1. The maximum atomic E-state index is 11.7. The molecular weight excluding hydrogens is 262 g/mol. The topological polar surface area (TPSA) is 111 Å². The van der Waals surface area contributed by atoms with Crippen molar-refractivity contribution >= 4 is 17.7 Å². The van der Waals surface area contributed by atoms with Crippen molar-refractivity contribution < 1.29 is 19.4 Å². The number of anilines is 1. The lowest BCUT2D eigenvalue weighted by molar-refractivity contribution is -0.139. The van der Waals surface area contributed by atoms with Crippen LogP contribution in [0.5, 0.6) is 5.75 Å². The summed E-state index contributed by atoms with van der Waals surface area (Å²) in [4.78, 5) is 22.5. The summed E-state index contributed by atoms with van der Waals surface area (Å²) in [7, 11) is 1.41. The van der Waals surface area contributed by atoms with Crippen LogP contribution in [0.4, 0.5) is 10.5 Å². The van der Waals surface area contributed by atoms with Gasteiger partial charge in [0.05, 0.1) is 24.4 Å². The molecule has 106 valence electrons. The van der Waals surface area contributed by atoms with Crippen molar-refractivity contribution in [3.63, 3.8) is 0 Å². The molecular formula is C13H15N3O4. The molecule has 1 rings (SSSR count). The molecule has 0 saturated carbocycles. The fourth-order valence-corrected chi connectivity index (χ4v) is 1.52. The number of nitriles is 1. The van der Waals surface area contributed by atoms with Crippen LogP contribution in [-0.4, -0.2) is 30.3 Å². The van der Waals surface area contributed by atoms with Crippen molar-refractivity contribution in [3.8, 4) is 11.8 Å². The Kier molecular flexibility index (Phi) is 5.35. The lowest BCUT2D eigenvalue weighted by atomic mass is 10.2. The van der Waals surface area contributed by atoms with E-state index in [1.165, 1.54) is 25.3 Å². The number of nitrogens with one attached hydrogen (secondary N) is 2. The summed E-state index contributed by atoms with van der Waals surface area (Å²) in [6.07, 6.45) is 0.271. The molecule has 0 unspecified atom stereocenters. The van der Waals surface area contributed by atoms with Gasteiger partial charge in [-0.3, -0.25) is 0 Å². The Morgan fingerprint density at radius 3 is 2.70 bits per heavy atom. The van der Waals surface area contributed by atoms with Gasteiger partial charge in [0.1, 0.15) is 11.8 Å². The molecule has 0 spiro atoms. The summed E-state index contributed by atoms with van der Waals surface area (Å²) < 4.78 is 5.06. The van der Waals surface area contributed by atoms with Gasteiger partial charge in [0.15, 0.2) is 0 Å². The van der Waals surface area contributed by atoms with Crippen LogP contribution < -0.4 is 15.4 Å². The first kappa shape index (κ1) is 15.3. The average Bonchev–Trinajstić information content (AvgIpc) is 2.44. The molecule has 3 N–H and O–H groups in total. The molecule has 0 aliphatic carbocycles. The Hall–Kier alpha value is -2.75. The monoisotopic (exact) mass is 277 g/mol. The zero-order valence-electron chi connectivity index (χ0n) is 11.1. The van der Waals surface area contributed by atoms with Crippen LogP contribution in [0.1, 0.15) is 18.9 Å². The fraction of sp³-hybridized carbons (Fsp3) is 0.308. The van der Waals surface area contributed by atoms with E-state index in [1.807, 2.05) is 6.07 Å². The summed E-state index contributed by atoms with van der Waals surface area (Å²) in [5.41, 5.74) is 0.744. The van der Waals surface area contributed by atoms with Crippen molar-refractivity contribution in [2.24, 2.45) is 0 Å². The molecule has 1 aromatic rings. The van der Waals surface area contributed by atoms with E-state index in [1.54, 1.807) is 6.92 Å². The Bertz CT molecular complexity index is 551. The van der Waals surface area contributed by atoms with Gasteiger partial charge in [-0.15, -0.1) is 0 Å². The van der Waals surface area contributed by atoms with Gasteiger partial charge in [-0.05, 0) is 18.6 Å².